The van der Waals surface area contributed by atoms with Crippen LogP contribution in [0.25, 0.3) is 6.08 Å². The summed E-state index contributed by atoms with van der Waals surface area (Å²) in [6, 6.07) is 11.8. The molecule has 3 N–H and O–H groups in total. The fourth-order valence-electron chi connectivity index (χ4n) is 2.65. The number of nitrogens with one attached hydrogen (secondary N) is 3. The van der Waals surface area contributed by atoms with Gasteiger partial charge in [0.15, 0.2) is 23.3 Å². The van der Waals surface area contributed by atoms with Crippen molar-refractivity contribution in [2.45, 2.75) is 4.90 Å². The molecule has 34 heavy (non-hydrogen) atoms. The lowest BCUT2D eigenvalue weighted by atomic mass is 10.2. The summed E-state index contributed by atoms with van der Waals surface area (Å²) in [4.78, 5) is 11.8. The number of anilines is 2. The van der Waals surface area contributed by atoms with E-state index in [1.807, 2.05) is 5.43 Å². The first-order chi connectivity index (χ1) is 16.1. The van der Waals surface area contributed by atoms with Crippen LogP contribution in [0.3, 0.4) is 0 Å². The molecule has 0 fully saturated rings. The molecule has 0 heterocycles. The first-order valence-corrected chi connectivity index (χ1v) is 10.9. The number of carbonyl (C=O) groups excluding carboxylic acids is 1. The molecule has 178 valence electrons. The van der Waals surface area contributed by atoms with E-state index in [0.717, 1.165) is 6.08 Å². The minimum absolute atomic E-state index is 0.0357. The summed E-state index contributed by atoms with van der Waals surface area (Å²) in [7, 11) is -2.39. The van der Waals surface area contributed by atoms with Crippen LogP contribution in [0, 0.1) is 23.3 Å². The molecule has 0 unspecified atom stereocenters. The fourth-order valence-corrected chi connectivity index (χ4v) is 3.71. The second-order valence-corrected chi connectivity index (χ2v) is 8.38. The predicted octanol–water partition coefficient (Wildman–Crippen LogP) is 4.21. The third kappa shape index (κ3) is 5.84. The Kier molecular flexibility index (Phi) is 7.41. The Morgan fingerprint density at radius 3 is 2.06 bits per heavy atom. The van der Waals surface area contributed by atoms with Gasteiger partial charge in [-0.2, -0.15) is 0 Å². The zero-order valence-corrected chi connectivity index (χ0v) is 18.2. The lowest BCUT2D eigenvalue weighted by Gasteiger charge is -2.10. The molecule has 0 aromatic heterocycles. The summed E-state index contributed by atoms with van der Waals surface area (Å²) in [5, 5.41) is 0. The van der Waals surface area contributed by atoms with Crippen LogP contribution in [0.2, 0.25) is 0 Å². The maximum absolute atomic E-state index is 13.6. The molecule has 0 radical (unpaired) electrons. The van der Waals surface area contributed by atoms with Crippen molar-refractivity contribution in [3.63, 3.8) is 0 Å². The highest BCUT2D eigenvalue weighted by Crippen LogP contribution is 2.23. The van der Waals surface area contributed by atoms with Crippen LogP contribution < -0.4 is 20.3 Å². The number of benzene rings is 3. The number of hydrogen-bond acceptors (Lipinski definition) is 5. The van der Waals surface area contributed by atoms with Gasteiger partial charge >= 0.3 is 0 Å². The quantitative estimate of drug-likeness (QED) is 0.188. The number of hydrogen-bond donors (Lipinski definition) is 3. The van der Waals surface area contributed by atoms with Gasteiger partial charge < -0.3 is 4.74 Å². The van der Waals surface area contributed by atoms with Crippen LogP contribution in [0.4, 0.5) is 28.9 Å². The number of halogens is 4. The molecule has 0 saturated heterocycles. The van der Waals surface area contributed by atoms with Gasteiger partial charge in [-0.1, -0.05) is 12.1 Å². The Balaban J connectivity index is 1.62. The summed E-state index contributed by atoms with van der Waals surface area (Å²) in [6.07, 6.45) is 2.24. The standard InChI is InChI=1S/C22H17F4N3O4S/c1-33-15-7-5-14(6-8-15)29-34(31,32)16-9-2-13(3-10-16)4-11-19(30)27-28-22-20(25)17(23)12-18(24)21(22)26/h2-12,28-29H,1H3,(H,27,30). The molecule has 1 amide bonds. The lowest BCUT2D eigenvalue weighted by Crippen LogP contribution is -2.29. The van der Waals surface area contributed by atoms with Gasteiger partial charge in [0, 0.05) is 17.8 Å². The lowest BCUT2D eigenvalue weighted by molar-refractivity contribution is -0.116. The Morgan fingerprint density at radius 1 is 0.912 bits per heavy atom. The van der Waals surface area contributed by atoms with Gasteiger partial charge in [-0.25, -0.2) is 26.0 Å². The van der Waals surface area contributed by atoms with Gasteiger partial charge in [0.05, 0.1) is 12.0 Å². The van der Waals surface area contributed by atoms with Crippen molar-refractivity contribution in [2.24, 2.45) is 0 Å². The zero-order chi connectivity index (χ0) is 24.9. The summed E-state index contributed by atoms with van der Waals surface area (Å²) >= 11 is 0. The van der Waals surface area contributed by atoms with Gasteiger partial charge in [0.25, 0.3) is 15.9 Å². The molecule has 0 aliphatic heterocycles. The minimum atomic E-state index is -3.87. The number of carbonyl (C=O) groups is 1. The molecular weight excluding hydrogens is 478 g/mol. The number of hydrazine groups is 1. The second-order valence-electron chi connectivity index (χ2n) is 6.69. The Morgan fingerprint density at radius 2 is 1.50 bits per heavy atom. The van der Waals surface area contributed by atoms with E-state index in [1.165, 1.54) is 49.6 Å². The van der Waals surface area contributed by atoms with Crippen LogP contribution in [-0.2, 0) is 14.8 Å². The first-order valence-electron chi connectivity index (χ1n) is 9.44. The Bertz CT molecular complexity index is 1300. The number of rotatable bonds is 8. The Labute approximate surface area is 192 Å². The van der Waals surface area contributed by atoms with Crippen LogP contribution in [0.5, 0.6) is 5.75 Å². The van der Waals surface area contributed by atoms with E-state index in [4.69, 9.17) is 4.74 Å². The predicted molar refractivity (Wildman–Crippen MR) is 117 cm³/mol. The molecule has 3 aromatic carbocycles. The molecule has 0 atom stereocenters. The topological polar surface area (TPSA) is 96.5 Å². The minimum Gasteiger partial charge on any atom is -0.497 e. The van der Waals surface area contributed by atoms with Gasteiger partial charge in [0.1, 0.15) is 11.4 Å². The third-order valence-corrected chi connectivity index (χ3v) is 5.78. The molecule has 0 aliphatic carbocycles. The molecule has 3 rings (SSSR count). The molecule has 0 aliphatic rings. The van der Waals surface area contributed by atoms with Crippen molar-refractivity contribution >= 4 is 33.4 Å². The molecule has 0 saturated carbocycles. The van der Waals surface area contributed by atoms with Crippen molar-refractivity contribution < 1.29 is 35.5 Å². The number of sulfonamides is 1. The summed E-state index contributed by atoms with van der Waals surface area (Å²) < 4.78 is 86.0. The van der Waals surface area contributed by atoms with E-state index >= 15 is 0 Å². The van der Waals surface area contributed by atoms with Crippen LogP contribution in [0.15, 0.2) is 65.6 Å². The molecule has 3 aromatic rings. The van der Waals surface area contributed by atoms with Crippen LogP contribution in [0.1, 0.15) is 5.56 Å². The van der Waals surface area contributed by atoms with E-state index in [0.29, 0.717) is 17.0 Å². The van der Waals surface area contributed by atoms with Gasteiger partial charge in [-0.15, -0.1) is 0 Å². The maximum atomic E-state index is 13.6. The van der Waals surface area contributed by atoms with Gasteiger partial charge in [-0.3, -0.25) is 20.4 Å². The van der Waals surface area contributed by atoms with Crippen molar-refractivity contribution in [1.82, 2.24) is 5.43 Å². The van der Waals surface area contributed by atoms with Gasteiger partial charge in [-0.05, 0) is 48.0 Å². The van der Waals surface area contributed by atoms with Crippen molar-refractivity contribution in [3.05, 3.63) is 89.5 Å². The molecule has 0 spiro atoms. The number of methoxy groups -OCH3 is 1. The average Bonchev–Trinajstić information content (AvgIpc) is 2.82. The second kappa shape index (κ2) is 10.3. The van der Waals surface area contributed by atoms with Gasteiger partial charge in [0.2, 0.25) is 0 Å². The molecule has 0 bridgehead atoms. The summed E-state index contributed by atoms with van der Waals surface area (Å²) in [5.74, 6) is -7.02. The van der Waals surface area contributed by atoms with Crippen LogP contribution in [-0.4, -0.2) is 21.4 Å². The molecule has 12 heteroatoms. The van der Waals surface area contributed by atoms with E-state index in [-0.39, 0.29) is 11.0 Å². The highest BCUT2D eigenvalue weighted by atomic mass is 32.2. The summed E-state index contributed by atoms with van der Waals surface area (Å²) in [5.41, 5.74) is 3.22. The largest absolute Gasteiger partial charge is 0.497 e. The van der Waals surface area contributed by atoms with Crippen LogP contribution >= 0.6 is 0 Å². The fraction of sp³-hybridized carbons (Fsp3) is 0.0455. The molecular formula is C22H17F4N3O4S. The van der Waals surface area contributed by atoms with E-state index < -0.39 is 44.9 Å². The van der Waals surface area contributed by atoms with E-state index in [1.54, 1.807) is 17.6 Å². The first kappa shape index (κ1) is 24.6. The van der Waals surface area contributed by atoms with E-state index in [2.05, 4.69) is 4.72 Å². The highest BCUT2D eigenvalue weighted by molar-refractivity contribution is 7.92. The smallest absolute Gasteiger partial charge is 0.262 e. The van der Waals surface area contributed by atoms with Crippen molar-refractivity contribution in [1.29, 1.82) is 0 Å². The Hall–Kier alpha value is -4.06. The normalized spacial score (nSPS) is 11.3. The number of ether oxygens (including phenoxy) is 1. The average molecular weight is 495 g/mol. The van der Waals surface area contributed by atoms with Crippen molar-refractivity contribution in [2.75, 3.05) is 17.3 Å². The zero-order valence-electron chi connectivity index (χ0n) is 17.4. The number of amides is 1. The van der Waals surface area contributed by atoms with Crippen molar-refractivity contribution in [3.8, 4) is 5.75 Å². The maximum Gasteiger partial charge on any atom is 0.262 e. The van der Waals surface area contributed by atoms with E-state index in [9.17, 15) is 30.8 Å². The third-order valence-electron chi connectivity index (χ3n) is 4.38. The SMILES string of the molecule is COc1ccc(NS(=O)(=O)c2ccc(C=CC(=O)NNc3c(F)c(F)cc(F)c3F)cc2)cc1. The highest BCUT2D eigenvalue weighted by Gasteiger charge is 2.19. The molecule has 7 nitrogen and oxygen atoms in total. The summed E-state index contributed by atoms with van der Waals surface area (Å²) in [6.45, 7) is 0. The monoisotopic (exact) mass is 495 g/mol.